The Hall–Kier alpha value is -1.09. The second kappa shape index (κ2) is 4.20. The van der Waals surface area contributed by atoms with Gasteiger partial charge in [0.1, 0.15) is 0 Å². The van der Waals surface area contributed by atoms with E-state index in [-0.39, 0.29) is 5.56 Å². The van der Waals surface area contributed by atoms with Gasteiger partial charge >= 0.3 is 0 Å². The molecule has 5 atom stereocenters. The SMILES string of the molecule is CC1CC2Cc3[nH]c(=O)ccc3C3CNC(C1)C2C3. The van der Waals surface area contributed by atoms with Gasteiger partial charge in [0, 0.05) is 24.3 Å². The summed E-state index contributed by atoms with van der Waals surface area (Å²) in [5.74, 6) is 2.98. The molecule has 5 unspecified atom stereocenters. The average Bonchev–Trinajstić information content (AvgIpc) is 2.51. The first kappa shape index (κ1) is 11.7. The summed E-state index contributed by atoms with van der Waals surface area (Å²) in [5.41, 5.74) is 2.68. The summed E-state index contributed by atoms with van der Waals surface area (Å²) >= 11 is 0. The Labute approximate surface area is 113 Å². The lowest BCUT2D eigenvalue weighted by atomic mass is 9.67. The molecule has 0 spiro atoms. The maximum absolute atomic E-state index is 11.6. The van der Waals surface area contributed by atoms with Gasteiger partial charge in [-0.15, -0.1) is 0 Å². The van der Waals surface area contributed by atoms with Crippen LogP contribution in [-0.2, 0) is 6.42 Å². The molecule has 0 amide bonds. The van der Waals surface area contributed by atoms with Crippen LogP contribution in [0.1, 0.15) is 43.4 Å². The van der Waals surface area contributed by atoms with Gasteiger partial charge in [-0.2, -0.15) is 0 Å². The van der Waals surface area contributed by atoms with Crippen molar-refractivity contribution in [1.82, 2.24) is 10.3 Å². The van der Waals surface area contributed by atoms with Gasteiger partial charge in [0.25, 0.3) is 0 Å². The highest BCUT2D eigenvalue weighted by atomic mass is 16.1. The number of piperidine rings is 1. The van der Waals surface area contributed by atoms with E-state index in [4.69, 9.17) is 0 Å². The van der Waals surface area contributed by atoms with Crippen molar-refractivity contribution in [3.8, 4) is 0 Å². The summed E-state index contributed by atoms with van der Waals surface area (Å²) in [7, 11) is 0. The van der Waals surface area contributed by atoms with Crippen LogP contribution in [0, 0.1) is 17.8 Å². The zero-order chi connectivity index (χ0) is 13.0. The minimum atomic E-state index is 0.0589. The lowest BCUT2D eigenvalue weighted by Crippen LogP contribution is -2.50. The minimum absolute atomic E-state index is 0.0589. The van der Waals surface area contributed by atoms with Crippen molar-refractivity contribution in [1.29, 1.82) is 0 Å². The zero-order valence-corrected chi connectivity index (χ0v) is 11.5. The first-order valence-corrected chi connectivity index (χ1v) is 7.66. The third-order valence-corrected chi connectivity index (χ3v) is 5.61. The molecule has 2 heterocycles. The Morgan fingerprint density at radius 3 is 3.00 bits per heavy atom. The molecule has 102 valence electrons. The minimum Gasteiger partial charge on any atom is -0.326 e. The number of hydrogen-bond donors (Lipinski definition) is 2. The summed E-state index contributed by atoms with van der Waals surface area (Å²) in [4.78, 5) is 14.7. The van der Waals surface area contributed by atoms with Gasteiger partial charge in [-0.1, -0.05) is 13.0 Å². The standard InChI is InChI=1S/C16H22N2O/c1-9-4-10-7-15-12(2-3-16(19)18-15)11-6-13(10)14(5-9)17-8-11/h2-3,9-11,13-14,17H,4-8H2,1H3,(H,18,19). The van der Waals surface area contributed by atoms with Crippen LogP contribution in [0.15, 0.2) is 16.9 Å². The highest BCUT2D eigenvalue weighted by Gasteiger charge is 2.43. The van der Waals surface area contributed by atoms with E-state index in [2.05, 4.69) is 23.3 Å². The summed E-state index contributed by atoms with van der Waals surface area (Å²) in [6.07, 6.45) is 5.05. The molecule has 2 fully saturated rings. The maximum Gasteiger partial charge on any atom is 0.248 e. The van der Waals surface area contributed by atoms with Crippen molar-refractivity contribution in [3.05, 3.63) is 33.7 Å². The van der Waals surface area contributed by atoms with Crippen molar-refractivity contribution < 1.29 is 0 Å². The molecule has 1 aromatic heterocycles. The fraction of sp³-hybridized carbons (Fsp3) is 0.688. The van der Waals surface area contributed by atoms with Gasteiger partial charge in [-0.25, -0.2) is 0 Å². The van der Waals surface area contributed by atoms with Crippen LogP contribution >= 0.6 is 0 Å². The summed E-state index contributed by atoms with van der Waals surface area (Å²) in [6, 6.07) is 4.48. The molecule has 0 aromatic carbocycles. The number of nitrogens with one attached hydrogen (secondary N) is 2. The van der Waals surface area contributed by atoms with E-state index in [0.717, 1.165) is 30.7 Å². The molecular formula is C16H22N2O. The Balaban J connectivity index is 1.79. The first-order chi connectivity index (χ1) is 9.20. The van der Waals surface area contributed by atoms with Crippen LogP contribution in [0.2, 0.25) is 0 Å². The molecule has 2 aliphatic carbocycles. The third-order valence-electron chi connectivity index (χ3n) is 5.61. The van der Waals surface area contributed by atoms with Crippen LogP contribution < -0.4 is 10.9 Å². The second-order valence-corrected chi connectivity index (χ2v) is 6.91. The van der Waals surface area contributed by atoms with Gasteiger partial charge in [0.2, 0.25) is 5.56 Å². The molecule has 2 bridgehead atoms. The lowest BCUT2D eigenvalue weighted by Gasteiger charge is -2.45. The summed E-state index contributed by atoms with van der Waals surface area (Å²) < 4.78 is 0. The molecular weight excluding hydrogens is 236 g/mol. The second-order valence-electron chi connectivity index (χ2n) is 6.91. The van der Waals surface area contributed by atoms with Gasteiger partial charge in [-0.3, -0.25) is 4.79 Å². The number of H-pyrrole nitrogens is 1. The normalized spacial score (nSPS) is 40.4. The molecule has 3 aliphatic rings. The van der Waals surface area contributed by atoms with E-state index in [1.165, 1.54) is 30.5 Å². The molecule has 3 heteroatoms. The number of hydrogen-bond acceptors (Lipinski definition) is 2. The van der Waals surface area contributed by atoms with Crippen LogP contribution in [0.25, 0.3) is 0 Å². The average molecular weight is 258 g/mol. The van der Waals surface area contributed by atoms with E-state index >= 15 is 0 Å². The smallest absolute Gasteiger partial charge is 0.248 e. The van der Waals surface area contributed by atoms with Crippen molar-refractivity contribution in [2.24, 2.45) is 17.8 Å². The van der Waals surface area contributed by atoms with Crippen molar-refractivity contribution in [2.75, 3.05) is 6.54 Å². The van der Waals surface area contributed by atoms with Crippen LogP contribution in [0.4, 0.5) is 0 Å². The van der Waals surface area contributed by atoms with Crippen molar-refractivity contribution >= 4 is 0 Å². The molecule has 1 saturated heterocycles. The summed E-state index contributed by atoms with van der Waals surface area (Å²) in [5, 5.41) is 3.79. The number of aromatic nitrogens is 1. The van der Waals surface area contributed by atoms with E-state index in [0.29, 0.717) is 12.0 Å². The lowest BCUT2D eigenvalue weighted by molar-refractivity contribution is 0.102. The van der Waals surface area contributed by atoms with Crippen molar-refractivity contribution in [2.45, 2.75) is 44.6 Å². The predicted molar refractivity (Wildman–Crippen MR) is 75.3 cm³/mol. The topological polar surface area (TPSA) is 44.9 Å². The number of fused-ring (bicyclic) bond motifs is 3. The maximum atomic E-state index is 11.6. The van der Waals surface area contributed by atoms with Crippen molar-refractivity contribution in [3.63, 3.8) is 0 Å². The monoisotopic (exact) mass is 258 g/mol. The fourth-order valence-electron chi connectivity index (χ4n) is 4.84. The zero-order valence-electron chi connectivity index (χ0n) is 11.5. The third kappa shape index (κ3) is 1.86. The van der Waals surface area contributed by atoms with E-state index in [1.54, 1.807) is 6.07 Å². The van der Waals surface area contributed by atoms with E-state index < -0.39 is 0 Å². The quantitative estimate of drug-likeness (QED) is 0.748. The molecule has 3 nitrogen and oxygen atoms in total. The van der Waals surface area contributed by atoms with Gasteiger partial charge in [0.05, 0.1) is 0 Å². The Morgan fingerprint density at radius 1 is 1.21 bits per heavy atom. The molecule has 1 saturated carbocycles. The Bertz CT molecular complexity index is 550. The molecule has 4 rings (SSSR count). The predicted octanol–water partition coefficient (Wildman–Crippen LogP) is 2.04. The van der Waals surface area contributed by atoms with Crippen LogP contribution in [0.5, 0.6) is 0 Å². The molecule has 0 radical (unpaired) electrons. The number of aromatic amines is 1. The van der Waals surface area contributed by atoms with Gasteiger partial charge in [-0.05, 0) is 54.9 Å². The number of pyridine rings is 1. The Kier molecular flexibility index (Phi) is 2.59. The Morgan fingerprint density at radius 2 is 2.11 bits per heavy atom. The van der Waals surface area contributed by atoms with Crippen LogP contribution in [0.3, 0.4) is 0 Å². The van der Waals surface area contributed by atoms with Gasteiger partial charge in [0.15, 0.2) is 0 Å². The summed E-state index contributed by atoms with van der Waals surface area (Å²) in [6.45, 7) is 3.46. The molecule has 19 heavy (non-hydrogen) atoms. The van der Waals surface area contributed by atoms with Crippen LogP contribution in [-0.4, -0.2) is 17.6 Å². The molecule has 1 aromatic rings. The fourth-order valence-corrected chi connectivity index (χ4v) is 4.84. The largest absolute Gasteiger partial charge is 0.326 e. The highest BCUT2D eigenvalue weighted by molar-refractivity contribution is 5.28. The van der Waals surface area contributed by atoms with Gasteiger partial charge < -0.3 is 10.3 Å². The highest BCUT2D eigenvalue weighted by Crippen LogP contribution is 2.46. The molecule has 1 aliphatic heterocycles. The molecule has 2 N–H and O–H groups in total. The first-order valence-electron chi connectivity index (χ1n) is 7.66. The van der Waals surface area contributed by atoms with E-state index in [1.807, 2.05) is 0 Å². The number of rotatable bonds is 0. The van der Waals surface area contributed by atoms with E-state index in [9.17, 15) is 4.79 Å².